The lowest BCUT2D eigenvalue weighted by molar-refractivity contribution is 0.0135. The molecule has 5 rings (SSSR count). The van der Waals surface area contributed by atoms with E-state index in [1.54, 1.807) is 0 Å². The van der Waals surface area contributed by atoms with E-state index in [0.29, 0.717) is 12.5 Å². The summed E-state index contributed by atoms with van der Waals surface area (Å²) < 4.78 is 12.0. The van der Waals surface area contributed by atoms with Gasteiger partial charge in [-0.3, -0.25) is 0 Å². The minimum Gasteiger partial charge on any atom is -0.436 e. The zero-order chi connectivity index (χ0) is 18.9. The summed E-state index contributed by atoms with van der Waals surface area (Å²) in [6.07, 6.45) is 2.02. The van der Waals surface area contributed by atoms with E-state index in [4.69, 9.17) is 14.9 Å². The summed E-state index contributed by atoms with van der Waals surface area (Å²) in [7, 11) is 0. The fourth-order valence-corrected chi connectivity index (χ4v) is 3.89. The van der Waals surface area contributed by atoms with E-state index < -0.39 is 0 Å². The minimum atomic E-state index is -0.0658. The van der Waals surface area contributed by atoms with Crippen LogP contribution in [0.5, 0.6) is 0 Å². The largest absolute Gasteiger partial charge is 0.436 e. The summed E-state index contributed by atoms with van der Waals surface area (Å²) in [5.74, 6) is 0.638. The second kappa shape index (κ2) is 8.37. The highest BCUT2D eigenvalue weighted by Gasteiger charge is 2.26. The molecule has 3 aromatic carbocycles. The Balaban J connectivity index is 0.00000205. The SMILES string of the molecule is Cl.NC1c2ccccc2CCC1OCc1ccc(-c2nc3ccccc3o2)cc1. The first-order chi connectivity index (χ1) is 13.8. The van der Waals surface area contributed by atoms with Crippen molar-refractivity contribution < 1.29 is 9.15 Å². The van der Waals surface area contributed by atoms with Crippen molar-refractivity contribution >= 4 is 23.5 Å². The second-order valence-corrected chi connectivity index (χ2v) is 7.30. The monoisotopic (exact) mass is 406 g/mol. The van der Waals surface area contributed by atoms with Crippen LogP contribution in [0, 0.1) is 0 Å². The summed E-state index contributed by atoms with van der Waals surface area (Å²) in [5, 5.41) is 0. The number of aryl methyl sites for hydroxylation is 1. The Labute approximate surface area is 176 Å². The first-order valence-corrected chi connectivity index (χ1v) is 9.68. The molecule has 0 aliphatic heterocycles. The molecule has 1 aromatic heterocycles. The molecule has 0 saturated carbocycles. The number of para-hydroxylation sites is 2. The average molecular weight is 407 g/mol. The number of hydrogen-bond donors (Lipinski definition) is 1. The third kappa shape index (κ3) is 3.92. The number of benzene rings is 3. The molecule has 0 bridgehead atoms. The van der Waals surface area contributed by atoms with Gasteiger partial charge in [-0.2, -0.15) is 0 Å². The van der Waals surface area contributed by atoms with Gasteiger partial charge in [0.25, 0.3) is 0 Å². The Morgan fingerprint density at radius 1 is 0.966 bits per heavy atom. The van der Waals surface area contributed by atoms with Crippen molar-refractivity contribution in [3.8, 4) is 11.5 Å². The number of nitrogens with zero attached hydrogens (tertiary/aromatic N) is 1. The summed E-state index contributed by atoms with van der Waals surface area (Å²) in [5.41, 5.74) is 12.8. The predicted molar refractivity (Wildman–Crippen MR) is 117 cm³/mol. The van der Waals surface area contributed by atoms with Gasteiger partial charge in [0.1, 0.15) is 5.52 Å². The zero-order valence-electron chi connectivity index (χ0n) is 16.0. The average Bonchev–Trinajstić information content (AvgIpc) is 3.18. The maximum Gasteiger partial charge on any atom is 0.227 e. The molecule has 0 radical (unpaired) electrons. The van der Waals surface area contributed by atoms with Crippen LogP contribution in [-0.2, 0) is 17.8 Å². The summed E-state index contributed by atoms with van der Waals surface area (Å²) in [6.45, 7) is 0.550. The van der Waals surface area contributed by atoms with Crippen LogP contribution in [0.1, 0.15) is 29.2 Å². The van der Waals surface area contributed by atoms with Crippen LogP contribution in [0.2, 0.25) is 0 Å². The summed E-state index contributed by atoms with van der Waals surface area (Å²) in [6, 6.07) is 24.3. The topological polar surface area (TPSA) is 61.3 Å². The fraction of sp³-hybridized carbons (Fsp3) is 0.208. The fourth-order valence-electron chi connectivity index (χ4n) is 3.89. The van der Waals surface area contributed by atoms with Gasteiger partial charge in [-0.25, -0.2) is 4.98 Å². The number of oxazole rings is 1. The summed E-state index contributed by atoms with van der Waals surface area (Å²) in [4.78, 5) is 4.55. The van der Waals surface area contributed by atoms with E-state index >= 15 is 0 Å². The number of rotatable bonds is 4. The van der Waals surface area contributed by atoms with Gasteiger partial charge in [0.05, 0.1) is 18.8 Å². The zero-order valence-corrected chi connectivity index (χ0v) is 16.8. The minimum absolute atomic E-state index is 0. The molecule has 2 atom stereocenters. The number of ether oxygens (including phenoxy) is 1. The van der Waals surface area contributed by atoms with Crippen LogP contribution in [0.25, 0.3) is 22.6 Å². The van der Waals surface area contributed by atoms with Gasteiger partial charge in [-0.15, -0.1) is 12.4 Å². The molecular weight excluding hydrogens is 384 g/mol. The van der Waals surface area contributed by atoms with Crippen molar-refractivity contribution in [3.05, 3.63) is 89.5 Å². The van der Waals surface area contributed by atoms with Crippen molar-refractivity contribution in [2.75, 3.05) is 0 Å². The third-order valence-electron chi connectivity index (χ3n) is 5.47. The van der Waals surface area contributed by atoms with E-state index in [-0.39, 0.29) is 24.6 Å². The molecule has 148 valence electrons. The molecule has 2 unspecified atom stereocenters. The van der Waals surface area contributed by atoms with Crippen LogP contribution in [0.4, 0.5) is 0 Å². The highest BCUT2D eigenvalue weighted by Crippen LogP contribution is 2.31. The van der Waals surface area contributed by atoms with Crippen molar-refractivity contribution in [2.24, 2.45) is 5.73 Å². The van der Waals surface area contributed by atoms with Crippen LogP contribution in [-0.4, -0.2) is 11.1 Å². The lowest BCUT2D eigenvalue weighted by atomic mass is 9.86. The molecule has 0 amide bonds. The molecule has 0 saturated heterocycles. The normalized spacial score (nSPS) is 18.2. The van der Waals surface area contributed by atoms with Gasteiger partial charge in [0.2, 0.25) is 5.89 Å². The third-order valence-corrected chi connectivity index (χ3v) is 5.47. The Morgan fingerprint density at radius 3 is 2.55 bits per heavy atom. The van der Waals surface area contributed by atoms with Crippen LogP contribution in [0.3, 0.4) is 0 Å². The smallest absolute Gasteiger partial charge is 0.227 e. The Bertz CT molecular complexity index is 1070. The predicted octanol–water partition coefficient (Wildman–Crippen LogP) is 5.45. The van der Waals surface area contributed by atoms with Gasteiger partial charge in [-0.1, -0.05) is 48.5 Å². The highest BCUT2D eigenvalue weighted by molar-refractivity contribution is 5.85. The molecule has 4 nitrogen and oxygen atoms in total. The number of fused-ring (bicyclic) bond motifs is 2. The lowest BCUT2D eigenvalue weighted by Crippen LogP contribution is -2.33. The highest BCUT2D eigenvalue weighted by atomic mass is 35.5. The first kappa shape index (κ1) is 19.6. The second-order valence-electron chi connectivity index (χ2n) is 7.30. The molecule has 1 aliphatic rings. The van der Waals surface area contributed by atoms with Crippen molar-refractivity contribution in [1.82, 2.24) is 4.98 Å². The van der Waals surface area contributed by atoms with E-state index in [9.17, 15) is 0 Å². The van der Waals surface area contributed by atoms with Gasteiger partial charge in [-0.05, 0) is 53.8 Å². The quantitative estimate of drug-likeness (QED) is 0.489. The van der Waals surface area contributed by atoms with Crippen LogP contribution in [0.15, 0.2) is 77.2 Å². The molecule has 0 fully saturated rings. The molecule has 1 aliphatic carbocycles. The molecule has 1 heterocycles. The Hall–Kier alpha value is -2.66. The number of nitrogens with two attached hydrogens (primary N) is 1. The van der Waals surface area contributed by atoms with Crippen molar-refractivity contribution in [3.63, 3.8) is 0 Å². The maximum absolute atomic E-state index is 6.45. The summed E-state index contributed by atoms with van der Waals surface area (Å²) >= 11 is 0. The molecule has 2 N–H and O–H groups in total. The van der Waals surface area contributed by atoms with Crippen LogP contribution >= 0.6 is 12.4 Å². The molecule has 4 aromatic rings. The number of aromatic nitrogens is 1. The molecule has 29 heavy (non-hydrogen) atoms. The van der Waals surface area contributed by atoms with E-state index in [1.165, 1.54) is 11.1 Å². The standard InChI is InChI=1S/C24H22N2O2.ClH/c25-23-19-6-2-1-5-17(19)13-14-22(23)27-15-16-9-11-18(12-10-16)24-26-20-7-3-4-8-21(20)28-24;/h1-12,22-23H,13-15,25H2;1H. The van der Waals surface area contributed by atoms with Gasteiger partial charge >= 0.3 is 0 Å². The Kier molecular flexibility index (Phi) is 5.67. The maximum atomic E-state index is 6.45. The number of halogens is 1. The molecular formula is C24H23ClN2O2. The van der Waals surface area contributed by atoms with Crippen LogP contribution < -0.4 is 5.73 Å². The van der Waals surface area contributed by atoms with E-state index in [2.05, 4.69) is 35.3 Å². The molecule has 5 heteroatoms. The first-order valence-electron chi connectivity index (χ1n) is 9.68. The van der Waals surface area contributed by atoms with Gasteiger partial charge < -0.3 is 14.9 Å². The lowest BCUT2D eigenvalue weighted by Gasteiger charge is -2.31. The number of hydrogen-bond acceptors (Lipinski definition) is 4. The van der Waals surface area contributed by atoms with E-state index in [0.717, 1.165) is 35.1 Å². The van der Waals surface area contributed by atoms with Gasteiger partial charge in [0.15, 0.2) is 5.58 Å². The van der Waals surface area contributed by atoms with Gasteiger partial charge in [0, 0.05) is 5.56 Å². The Morgan fingerprint density at radius 2 is 1.72 bits per heavy atom. The van der Waals surface area contributed by atoms with Crippen molar-refractivity contribution in [2.45, 2.75) is 31.6 Å². The molecule has 0 spiro atoms. The van der Waals surface area contributed by atoms with Crippen molar-refractivity contribution in [1.29, 1.82) is 0 Å². The van der Waals surface area contributed by atoms with E-state index in [1.807, 2.05) is 42.5 Å².